The van der Waals surface area contributed by atoms with Crippen LogP contribution in [0.2, 0.25) is 0 Å². The van der Waals surface area contributed by atoms with Gasteiger partial charge in [-0.05, 0) is 42.0 Å². The summed E-state index contributed by atoms with van der Waals surface area (Å²) in [5, 5.41) is 2.97. The van der Waals surface area contributed by atoms with Gasteiger partial charge in [-0.15, -0.1) is 0 Å². The van der Waals surface area contributed by atoms with E-state index >= 15 is 0 Å². The molecule has 2 aromatic carbocycles. The molecule has 0 saturated heterocycles. The lowest BCUT2D eigenvalue weighted by molar-refractivity contribution is -0.147. The van der Waals surface area contributed by atoms with E-state index in [2.05, 4.69) is 21.2 Å². The van der Waals surface area contributed by atoms with E-state index in [9.17, 15) is 18.0 Å². The van der Waals surface area contributed by atoms with Crippen LogP contribution in [0.3, 0.4) is 0 Å². The molecule has 3 aromatic rings. The monoisotopic (exact) mass is 451 g/mol. The zero-order chi connectivity index (χ0) is 22.0. The van der Waals surface area contributed by atoms with Gasteiger partial charge < -0.3 is 19.4 Å². The third-order valence-corrected chi connectivity index (χ3v) is 4.66. The lowest BCUT2D eigenvalue weighted by Crippen LogP contribution is -2.47. The largest absolute Gasteiger partial charge is 0.454 e. The number of imidazole rings is 1. The molecule has 0 atom stereocenters. The summed E-state index contributed by atoms with van der Waals surface area (Å²) in [6.07, 6.45) is -4.70. The van der Waals surface area contributed by atoms with Crippen LogP contribution < -0.4 is 25.6 Å². The Balaban J connectivity index is 1.34. The van der Waals surface area contributed by atoms with E-state index in [-0.39, 0.29) is 22.9 Å². The number of hydrogen-bond acceptors (Lipinski definition) is 5. The van der Waals surface area contributed by atoms with Gasteiger partial charge in [-0.3, -0.25) is 15.6 Å². The summed E-state index contributed by atoms with van der Waals surface area (Å²) in [5.74, 6) is -0.588. The number of aromatic nitrogens is 2. The van der Waals surface area contributed by atoms with Gasteiger partial charge in [0.15, 0.2) is 16.6 Å². The van der Waals surface area contributed by atoms with Crippen molar-refractivity contribution in [2.75, 3.05) is 6.79 Å². The van der Waals surface area contributed by atoms with Crippen LogP contribution in [0.15, 0.2) is 42.5 Å². The number of ether oxygens (including phenoxy) is 2. The minimum atomic E-state index is -4.70. The van der Waals surface area contributed by atoms with Crippen LogP contribution in [-0.4, -0.2) is 27.4 Å². The highest BCUT2D eigenvalue weighted by atomic mass is 32.1. The summed E-state index contributed by atoms with van der Waals surface area (Å²) in [5.41, 5.74) is 5.97. The Morgan fingerprint density at radius 3 is 2.71 bits per heavy atom. The van der Waals surface area contributed by atoms with Gasteiger partial charge in [-0.25, -0.2) is 4.98 Å². The van der Waals surface area contributed by atoms with E-state index < -0.39 is 24.5 Å². The number of nitrogens with one attached hydrogen (secondary N) is 3. The first-order valence-corrected chi connectivity index (χ1v) is 9.46. The van der Waals surface area contributed by atoms with Crippen molar-refractivity contribution in [2.45, 2.75) is 19.3 Å². The maximum Gasteiger partial charge on any atom is 0.449 e. The van der Waals surface area contributed by atoms with Crippen molar-refractivity contribution in [1.29, 1.82) is 0 Å². The molecule has 2 heterocycles. The first-order valence-electron chi connectivity index (χ1n) is 9.05. The highest BCUT2D eigenvalue weighted by Gasteiger charge is 2.38. The van der Waals surface area contributed by atoms with Crippen molar-refractivity contribution in [1.82, 2.24) is 25.7 Å². The van der Waals surface area contributed by atoms with Crippen LogP contribution >= 0.6 is 12.2 Å². The molecule has 0 unspecified atom stereocenters. The molecule has 0 radical (unpaired) electrons. The van der Waals surface area contributed by atoms with Crippen molar-refractivity contribution in [2.24, 2.45) is 0 Å². The second-order valence-corrected chi connectivity index (χ2v) is 6.96. The summed E-state index contributed by atoms with van der Waals surface area (Å²) in [6, 6.07) is 11.5. The lowest BCUT2D eigenvalue weighted by atomic mass is 10.2. The summed E-state index contributed by atoms with van der Waals surface area (Å²) >= 11 is 5.09. The topological polar surface area (TPSA) is 89.4 Å². The van der Waals surface area contributed by atoms with E-state index in [1.807, 2.05) is 6.07 Å². The van der Waals surface area contributed by atoms with E-state index in [4.69, 9.17) is 21.7 Å². The molecule has 0 bridgehead atoms. The molecule has 31 heavy (non-hydrogen) atoms. The van der Waals surface area contributed by atoms with Gasteiger partial charge in [-0.2, -0.15) is 13.2 Å². The SMILES string of the molecule is O=C(Cn1c(C(F)(F)F)nc2ccccc21)NNC(=S)NCc1ccc2c(c1)OCO2. The highest BCUT2D eigenvalue weighted by Crippen LogP contribution is 2.32. The molecule has 0 aliphatic carbocycles. The minimum Gasteiger partial charge on any atom is -0.454 e. The molecule has 0 saturated carbocycles. The van der Waals surface area contributed by atoms with Crippen molar-refractivity contribution in [3.05, 3.63) is 53.9 Å². The molecule has 1 aliphatic rings. The minimum absolute atomic E-state index is 0.0950. The van der Waals surface area contributed by atoms with Crippen molar-refractivity contribution < 1.29 is 27.4 Å². The van der Waals surface area contributed by atoms with Gasteiger partial charge in [0.05, 0.1) is 11.0 Å². The number of nitrogens with zero attached hydrogens (tertiary/aromatic N) is 2. The zero-order valence-corrected chi connectivity index (χ0v) is 16.6. The number of amides is 1. The van der Waals surface area contributed by atoms with Crippen LogP contribution in [0.1, 0.15) is 11.4 Å². The lowest BCUT2D eigenvalue weighted by Gasteiger charge is -2.14. The van der Waals surface area contributed by atoms with Gasteiger partial charge in [0, 0.05) is 6.54 Å². The third kappa shape index (κ3) is 4.63. The molecule has 8 nitrogen and oxygen atoms in total. The first kappa shape index (κ1) is 20.7. The fraction of sp³-hybridized carbons (Fsp3) is 0.211. The van der Waals surface area contributed by atoms with Crippen LogP contribution in [0.4, 0.5) is 13.2 Å². The van der Waals surface area contributed by atoms with E-state index in [1.54, 1.807) is 24.3 Å². The molecule has 0 fully saturated rings. The molecule has 0 spiro atoms. The number of carbonyl (C=O) groups excluding carboxylic acids is 1. The van der Waals surface area contributed by atoms with E-state index in [0.29, 0.717) is 18.0 Å². The molecule has 1 aliphatic heterocycles. The highest BCUT2D eigenvalue weighted by molar-refractivity contribution is 7.80. The molecule has 162 valence electrons. The Bertz CT molecular complexity index is 1150. The Morgan fingerprint density at radius 1 is 1.13 bits per heavy atom. The number of benzene rings is 2. The standard InChI is InChI=1S/C19H16F3N5O3S/c20-19(21,22)17-24-12-3-1-2-4-13(12)27(17)9-16(28)25-26-18(31)23-8-11-5-6-14-15(7-11)30-10-29-14/h1-7H,8-10H2,(H,25,28)(H2,23,26,31). The number of halogens is 3. The Labute approximate surface area is 179 Å². The first-order chi connectivity index (χ1) is 14.8. The number of hydrazine groups is 1. The molecule has 1 aromatic heterocycles. The average Bonchev–Trinajstić information content (AvgIpc) is 3.35. The number of para-hydroxylation sites is 2. The second-order valence-electron chi connectivity index (χ2n) is 6.55. The van der Waals surface area contributed by atoms with Crippen LogP contribution in [0, 0.1) is 0 Å². The maximum atomic E-state index is 13.3. The Morgan fingerprint density at radius 2 is 1.90 bits per heavy atom. The molecule has 3 N–H and O–H groups in total. The number of carbonyl (C=O) groups is 1. The number of thiocarbonyl (C=S) groups is 1. The fourth-order valence-electron chi connectivity index (χ4n) is 3.04. The van der Waals surface area contributed by atoms with Gasteiger partial charge in [0.1, 0.15) is 6.54 Å². The molecule has 4 rings (SSSR count). The molecular weight excluding hydrogens is 435 g/mol. The van der Waals surface area contributed by atoms with Crippen molar-refractivity contribution in [3.63, 3.8) is 0 Å². The number of alkyl halides is 3. The zero-order valence-electron chi connectivity index (χ0n) is 15.8. The van der Waals surface area contributed by atoms with Crippen LogP contribution in [0.25, 0.3) is 11.0 Å². The summed E-state index contributed by atoms with van der Waals surface area (Å²) in [4.78, 5) is 15.8. The average molecular weight is 451 g/mol. The maximum absolute atomic E-state index is 13.3. The second kappa shape index (κ2) is 8.30. The van der Waals surface area contributed by atoms with Crippen LogP contribution in [-0.2, 0) is 24.1 Å². The smallest absolute Gasteiger partial charge is 0.449 e. The van der Waals surface area contributed by atoms with Crippen molar-refractivity contribution in [3.8, 4) is 11.5 Å². The predicted molar refractivity (Wildman–Crippen MR) is 108 cm³/mol. The van der Waals surface area contributed by atoms with E-state index in [0.717, 1.165) is 10.1 Å². The number of hydrogen-bond donors (Lipinski definition) is 3. The predicted octanol–water partition coefficient (Wildman–Crippen LogP) is 2.48. The fourth-order valence-corrected chi connectivity index (χ4v) is 3.16. The van der Waals surface area contributed by atoms with Gasteiger partial charge in [-0.1, -0.05) is 18.2 Å². The normalized spacial score (nSPS) is 12.6. The number of rotatable bonds is 4. The Hall–Kier alpha value is -3.54. The van der Waals surface area contributed by atoms with Gasteiger partial charge in [0.25, 0.3) is 5.91 Å². The van der Waals surface area contributed by atoms with Crippen LogP contribution in [0.5, 0.6) is 11.5 Å². The van der Waals surface area contributed by atoms with Crippen molar-refractivity contribution >= 4 is 34.3 Å². The van der Waals surface area contributed by atoms with Gasteiger partial charge in [0.2, 0.25) is 12.6 Å². The number of fused-ring (bicyclic) bond motifs is 2. The third-order valence-electron chi connectivity index (χ3n) is 4.42. The molecule has 12 heteroatoms. The summed E-state index contributed by atoms with van der Waals surface area (Å²) in [6.45, 7) is -0.0870. The summed E-state index contributed by atoms with van der Waals surface area (Å²) < 4.78 is 51.3. The molecular formula is C19H16F3N5O3S. The Kier molecular flexibility index (Phi) is 5.55. The molecule has 1 amide bonds. The summed E-state index contributed by atoms with van der Waals surface area (Å²) in [7, 11) is 0. The quantitative estimate of drug-likeness (QED) is 0.415. The van der Waals surface area contributed by atoms with Gasteiger partial charge >= 0.3 is 6.18 Å². The van der Waals surface area contributed by atoms with E-state index in [1.165, 1.54) is 12.1 Å².